The lowest BCUT2D eigenvalue weighted by Gasteiger charge is -2.35. The number of hydrogen-bond acceptors (Lipinski definition) is 4. The summed E-state index contributed by atoms with van der Waals surface area (Å²) < 4.78 is 26.0. The number of piperidine rings is 1. The molecule has 0 bridgehead atoms. The van der Waals surface area contributed by atoms with Gasteiger partial charge in [0.2, 0.25) is 15.9 Å². The summed E-state index contributed by atoms with van der Waals surface area (Å²) in [6.07, 6.45) is 4.10. The number of hydrogen-bond donors (Lipinski definition) is 1. The topological polar surface area (TPSA) is 95.0 Å². The van der Waals surface area contributed by atoms with Gasteiger partial charge in [-0.3, -0.25) is 9.59 Å². The van der Waals surface area contributed by atoms with E-state index in [9.17, 15) is 18.0 Å². The number of carboxylic acid groups (broad SMARTS) is 1. The molecule has 1 unspecified atom stereocenters. The predicted octanol–water partition coefficient (Wildman–Crippen LogP) is 0.656. The van der Waals surface area contributed by atoms with Crippen LogP contribution in [0.15, 0.2) is 0 Å². The van der Waals surface area contributed by atoms with Crippen LogP contribution in [0, 0.1) is 0 Å². The zero-order valence-electron chi connectivity index (χ0n) is 12.9. The first kappa shape index (κ1) is 17.2. The molecule has 7 nitrogen and oxygen atoms in total. The summed E-state index contributed by atoms with van der Waals surface area (Å²) in [6.45, 7) is 2.47. The third-order valence-electron chi connectivity index (χ3n) is 4.59. The largest absolute Gasteiger partial charge is 0.480 e. The van der Waals surface area contributed by atoms with Crippen LogP contribution in [0.2, 0.25) is 0 Å². The van der Waals surface area contributed by atoms with Crippen molar-refractivity contribution in [3.8, 4) is 0 Å². The molecule has 2 atom stereocenters. The first-order valence-electron chi connectivity index (χ1n) is 7.82. The summed E-state index contributed by atoms with van der Waals surface area (Å²) in [4.78, 5) is 24.5. The second-order valence-corrected chi connectivity index (χ2v) is 8.11. The molecule has 0 radical (unpaired) electrons. The second kappa shape index (κ2) is 6.95. The number of carbonyl (C=O) groups excluding carboxylic acids is 1. The molecule has 2 rings (SSSR count). The quantitative estimate of drug-likeness (QED) is 0.798. The van der Waals surface area contributed by atoms with Gasteiger partial charge in [-0.2, -0.15) is 4.31 Å². The van der Waals surface area contributed by atoms with Gasteiger partial charge in [0.1, 0.15) is 6.04 Å². The number of amides is 1. The molecule has 0 aromatic carbocycles. The van der Waals surface area contributed by atoms with Crippen molar-refractivity contribution in [1.29, 1.82) is 0 Å². The van der Waals surface area contributed by atoms with Crippen LogP contribution in [-0.4, -0.2) is 65.5 Å². The Hall–Kier alpha value is -1.15. The van der Waals surface area contributed by atoms with E-state index in [1.807, 2.05) is 0 Å². The molecule has 0 saturated carbocycles. The van der Waals surface area contributed by atoms with Gasteiger partial charge < -0.3 is 10.0 Å². The first-order chi connectivity index (χ1) is 10.3. The second-order valence-electron chi connectivity index (χ2n) is 6.07. The van der Waals surface area contributed by atoms with Crippen LogP contribution < -0.4 is 0 Å². The van der Waals surface area contributed by atoms with Gasteiger partial charge in [-0.1, -0.05) is 0 Å². The minimum absolute atomic E-state index is 0.0216. The van der Waals surface area contributed by atoms with Crippen LogP contribution in [0.1, 0.15) is 45.4 Å². The van der Waals surface area contributed by atoms with Crippen LogP contribution in [0.5, 0.6) is 0 Å². The van der Waals surface area contributed by atoms with Gasteiger partial charge in [0.05, 0.1) is 5.75 Å². The van der Waals surface area contributed by atoms with Crippen molar-refractivity contribution < 1.29 is 23.1 Å². The van der Waals surface area contributed by atoms with Gasteiger partial charge in [-0.05, 0) is 38.5 Å². The van der Waals surface area contributed by atoms with E-state index in [-0.39, 0.29) is 24.2 Å². The fraction of sp³-hybridized carbons (Fsp3) is 0.857. The number of carbonyl (C=O) groups is 2. The van der Waals surface area contributed by atoms with Crippen LogP contribution in [-0.2, 0) is 19.6 Å². The standard InChI is InChI=1S/C14H24N2O5S/c1-11(17)15-8-3-2-5-12(15)7-10-22(20,21)16-9-4-6-13(16)14(18)19/h12-13H,2-10H2,1H3,(H,18,19)/t12?,13-/m1/s1. The van der Waals surface area contributed by atoms with Gasteiger partial charge in [-0.15, -0.1) is 0 Å². The van der Waals surface area contributed by atoms with Crippen LogP contribution in [0.25, 0.3) is 0 Å². The van der Waals surface area contributed by atoms with Crippen LogP contribution in [0.4, 0.5) is 0 Å². The lowest BCUT2D eigenvalue weighted by atomic mass is 10.00. The van der Waals surface area contributed by atoms with Crippen molar-refractivity contribution in [2.24, 2.45) is 0 Å². The van der Waals surface area contributed by atoms with E-state index < -0.39 is 22.0 Å². The predicted molar refractivity (Wildman–Crippen MR) is 80.8 cm³/mol. The smallest absolute Gasteiger partial charge is 0.322 e. The van der Waals surface area contributed by atoms with E-state index in [1.165, 1.54) is 6.92 Å². The van der Waals surface area contributed by atoms with Gasteiger partial charge in [0.25, 0.3) is 0 Å². The van der Waals surface area contributed by atoms with Crippen molar-refractivity contribution in [2.45, 2.75) is 57.5 Å². The molecule has 0 spiro atoms. The number of likely N-dealkylation sites (tertiary alicyclic amines) is 1. The average molecular weight is 332 g/mol. The van der Waals surface area contributed by atoms with Gasteiger partial charge in [0.15, 0.2) is 0 Å². The SMILES string of the molecule is CC(=O)N1CCCCC1CCS(=O)(=O)N1CCC[C@@H]1C(=O)O. The Balaban J connectivity index is 2.00. The Bertz CT molecular complexity index is 533. The van der Waals surface area contributed by atoms with Crippen molar-refractivity contribution in [3.05, 3.63) is 0 Å². The summed E-state index contributed by atoms with van der Waals surface area (Å²) in [5.41, 5.74) is 0. The highest BCUT2D eigenvalue weighted by molar-refractivity contribution is 7.89. The molecule has 2 aliphatic rings. The normalized spacial score (nSPS) is 27.0. The maximum atomic E-state index is 12.4. The molecule has 0 aromatic rings. The average Bonchev–Trinajstić information content (AvgIpc) is 2.96. The lowest BCUT2D eigenvalue weighted by Crippen LogP contribution is -2.45. The van der Waals surface area contributed by atoms with Crippen LogP contribution in [0.3, 0.4) is 0 Å². The highest BCUT2D eigenvalue weighted by Crippen LogP contribution is 2.25. The summed E-state index contributed by atoms with van der Waals surface area (Å²) in [6, 6.07) is -0.979. The minimum Gasteiger partial charge on any atom is -0.480 e. The van der Waals surface area contributed by atoms with E-state index in [0.29, 0.717) is 25.8 Å². The third-order valence-corrected chi connectivity index (χ3v) is 6.49. The van der Waals surface area contributed by atoms with Crippen molar-refractivity contribution in [1.82, 2.24) is 9.21 Å². The Morgan fingerprint density at radius 3 is 2.50 bits per heavy atom. The Kier molecular flexibility index (Phi) is 5.44. The molecule has 2 aliphatic heterocycles. The summed E-state index contributed by atoms with van der Waals surface area (Å²) in [7, 11) is -3.59. The highest BCUT2D eigenvalue weighted by atomic mass is 32.2. The summed E-state index contributed by atoms with van der Waals surface area (Å²) in [5.74, 6) is -1.19. The molecule has 0 aromatic heterocycles. The van der Waals surface area contributed by atoms with Gasteiger partial charge in [-0.25, -0.2) is 8.42 Å². The number of nitrogens with zero attached hydrogens (tertiary/aromatic N) is 2. The van der Waals surface area contributed by atoms with E-state index >= 15 is 0 Å². The zero-order chi connectivity index (χ0) is 16.3. The minimum atomic E-state index is -3.59. The number of rotatable bonds is 5. The Morgan fingerprint density at radius 2 is 1.86 bits per heavy atom. The summed E-state index contributed by atoms with van der Waals surface area (Å²) >= 11 is 0. The van der Waals surface area contributed by atoms with E-state index in [0.717, 1.165) is 23.6 Å². The lowest BCUT2D eigenvalue weighted by molar-refractivity contribution is -0.140. The van der Waals surface area contributed by atoms with E-state index in [2.05, 4.69) is 0 Å². The van der Waals surface area contributed by atoms with Gasteiger partial charge in [0, 0.05) is 26.1 Å². The van der Waals surface area contributed by atoms with E-state index in [1.54, 1.807) is 4.90 Å². The van der Waals surface area contributed by atoms with Crippen molar-refractivity contribution in [2.75, 3.05) is 18.8 Å². The molecular weight excluding hydrogens is 308 g/mol. The molecule has 2 heterocycles. The maximum Gasteiger partial charge on any atom is 0.322 e. The number of carboxylic acids is 1. The fourth-order valence-electron chi connectivity index (χ4n) is 3.44. The van der Waals surface area contributed by atoms with Gasteiger partial charge >= 0.3 is 5.97 Å². The zero-order valence-corrected chi connectivity index (χ0v) is 13.7. The maximum absolute atomic E-state index is 12.4. The highest BCUT2D eigenvalue weighted by Gasteiger charge is 2.39. The number of sulfonamides is 1. The molecule has 2 fully saturated rings. The number of aliphatic carboxylic acids is 1. The van der Waals surface area contributed by atoms with Crippen LogP contribution >= 0.6 is 0 Å². The molecule has 22 heavy (non-hydrogen) atoms. The Labute approximate surface area is 131 Å². The Morgan fingerprint density at radius 1 is 1.14 bits per heavy atom. The summed E-state index contributed by atoms with van der Waals surface area (Å²) in [5, 5.41) is 9.12. The fourth-order valence-corrected chi connectivity index (χ4v) is 5.23. The third kappa shape index (κ3) is 3.78. The molecule has 2 saturated heterocycles. The molecule has 126 valence electrons. The molecular formula is C14H24N2O5S. The van der Waals surface area contributed by atoms with Crippen molar-refractivity contribution >= 4 is 21.9 Å². The van der Waals surface area contributed by atoms with Crippen molar-refractivity contribution in [3.63, 3.8) is 0 Å². The van der Waals surface area contributed by atoms with E-state index in [4.69, 9.17) is 5.11 Å². The molecule has 0 aliphatic carbocycles. The first-order valence-corrected chi connectivity index (χ1v) is 9.43. The monoisotopic (exact) mass is 332 g/mol. The molecule has 8 heteroatoms. The molecule has 1 N–H and O–H groups in total. The molecule has 1 amide bonds.